The van der Waals surface area contributed by atoms with Crippen molar-refractivity contribution in [3.05, 3.63) is 90.0 Å². The van der Waals surface area contributed by atoms with E-state index in [1.807, 2.05) is 70.5 Å². The van der Waals surface area contributed by atoms with Gasteiger partial charge in [0, 0.05) is 55.9 Å². The molecule has 1 fully saturated rings. The fourth-order valence-electron chi connectivity index (χ4n) is 4.55. The van der Waals surface area contributed by atoms with Crippen molar-refractivity contribution in [1.29, 1.82) is 0 Å². The predicted molar refractivity (Wildman–Crippen MR) is 134 cm³/mol. The lowest BCUT2D eigenvalue weighted by atomic mass is 9.99. The number of carbonyl (C=O) groups excluding carboxylic acids is 1. The lowest BCUT2D eigenvalue weighted by Crippen LogP contribution is -2.36. The zero-order valence-corrected chi connectivity index (χ0v) is 19.8. The number of benzene rings is 1. The Bertz CT molecular complexity index is 1290. The van der Waals surface area contributed by atoms with E-state index in [-0.39, 0.29) is 11.8 Å². The Hall–Kier alpha value is -3.91. The summed E-state index contributed by atoms with van der Waals surface area (Å²) >= 11 is 0. The van der Waals surface area contributed by atoms with Gasteiger partial charge >= 0.3 is 0 Å². The molecule has 1 unspecified atom stereocenters. The van der Waals surface area contributed by atoms with E-state index in [9.17, 15) is 4.79 Å². The molecule has 35 heavy (non-hydrogen) atoms. The molecule has 1 aliphatic rings. The first-order valence-electron chi connectivity index (χ1n) is 11.8. The number of hydrogen-bond donors (Lipinski definition) is 1. The van der Waals surface area contributed by atoms with Crippen molar-refractivity contribution in [2.45, 2.75) is 13.0 Å². The number of anilines is 1. The van der Waals surface area contributed by atoms with Crippen LogP contribution in [0.15, 0.2) is 73.3 Å². The molecule has 1 aliphatic heterocycles. The average Bonchev–Trinajstić information content (AvgIpc) is 3.27. The summed E-state index contributed by atoms with van der Waals surface area (Å²) in [5, 5.41) is 7.71. The van der Waals surface area contributed by atoms with Gasteiger partial charge in [-0.15, -0.1) is 0 Å². The van der Waals surface area contributed by atoms with Crippen molar-refractivity contribution in [1.82, 2.24) is 19.5 Å². The van der Waals surface area contributed by atoms with E-state index >= 15 is 0 Å². The highest BCUT2D eigenvalue weighted by Crippen LogP contribution is 2.27. The normalized spacial score (nSPS) is 16.1. The zero-order chi connectivity index (χ0) is 24.0. The number of fused-ring (bicyclic) bond motifs is 1. The fraction of sp³-hybridized carbons (Fsp3) is 0.296. The molecular formula is C27H29N5O3. The SMILES string of the molecule is COc1ccc(C(=O)N2CCOCC(Cc3cccn4nccc34)C2)cc1NCc1cccnc1. The number of aromatic nitrogens is 3. The zero-order valence-electron chi connectivity index (χ0n) is 19.8. The fourth-order valence-corrected chi connectivity index (χ4v) is 4.55. The Labute approximate surface area is 204 Å². The second kappa shape index (κ2) is 10.6. The van der Waals surface area contributed by atoms with E-state index in [1.54, 1.807) is 13.3 Å². The van der Waals surface area contributed by atoms with Crippen molar-refractivity contribution < 1.29 is 14.3 Å². The molecule has 5 rings (SSSR count). The Morgan fingerprint density at radius 1 is 1.20 bits per heavy atom. The van der Waals surface area contributed by atoms with Gasteiger partial charge in [0.2, 0.25) is 0 Å². The van der Waals surface area contributed by atoms with Crippen LogP contribution in [0.4, 0.5) is 5.69 Å². The van der Waals surface area contributed by atoms with Gasteiger partial charge < -0.3 is 19.7 Å². The lowest BCUT2D eigenvalue weighted by molar-refractivity contribution is 0.0737. The van der Waals surface area contributed by atoms with E-state index in [1.165, 1.54) is 5.56 Å². The van der Waals surface area contributed by atoms with E-state index in [4.69, 9.17) is 9.47 Å². The molecule has 0 radical (unpaired) electrons. The molecule has 0 bridgehead atoms. The molecule has 0 spiro atoms. The molecule has 1 atom stereocenters. The molecule has 0 saturated carbocycles. The summed E-state index contributed by atoms with van der Waals surface area (Å²) in [7, 11) is 1.63. The molecule has 0 aliphatic carbocycles. The smallest absolute Gasteiger partial charge is 0.254 e. The molecule has 3 aromatic heterocycles. The Morgan fingerprint density at radius 2 is 2.14 bits per heavy atom. The number of ether oxygens (including phenoxy) is 2. The third kappa shape index (κ3) is 5.27. The summed E-state index contributed by atoms with van der Waals surface area (Å²) in [6.45, 7) is 2.94. The Kier molecular flexibility index (Phi) is 6.90. The van der Waals surface area contributed by atoms with Crippen LogP contribution in [0.5, 0.6) is 5.75 Å². The van der Waals surface area contributed by atoms with Crippen molar-refractivity contribution in [2.75, 3.05) is 38.7 Å². The predicted octanol–water partition coefficient (Wildman–Crippen LogP) is 3.68. The topological polar surface area (TPSA) is 81.0 Å². The van der Waals surface area contributed by atoms with Crippen molar-refractivity contribution >= 4 is 17.1 Å². The number of pyridine rings is 2. The van der Waals surface area contributed by atoms with Gasteiger partial charge in [0.15, 0.2) is 0 Å². The van der Waals surface area contributed by atoms with Crippen LogP contribution >= 0.6 is 0 Å². The molecular weight excluding hydrogens is 442 g/mol. The quantitative estimate of drug-likeness (QED) is 0.443. The third-order valence-electron chi connectivity index (χ3n) is 6.31. The van der Waals surface area contributed by atoms with Gasteiger partial charge in [-0.2, -0.15) is 5.10 Å². The van der Waals surface area contributed by atoms with Gasteiger partial charge in [-0.3, -0.25) is 9.78 Å². The average molecular weight is 472 g/mol. The maximum absolute atomic E-state index is 13.5. The largest absolute Gasteiger partial charge is 0.495 e. The molecule has 8 nitrogen and oxygen atoms in total. The second-order valence-electron chi connectivity index (χ2n) is 8.72. The van der Waals surface area contributed by atoms with Crippen molar-refractivity contribution in [3.63, 3.8) is 0 Å². The minimum Gasteiger partial charge on any atom is -0.495 e. The number of nitrogens with one attached hydrogen (secondary N) is 1. The summed E-state index contributed by atoms with van der Waals surface area (Å²) in [6.07, 6.45) is 8.14. The summed E-state index contributed by atoms with van der Waals surface area (Å²) in [5.41, 5.74) is 4.75. The van der Waals surface area contributed by atoms with Gasteiger partial charge in [0.05, 0.1) is 31.5 Å². The number of rotatable bonds is 7. The minimum absolute atomic E-state index is 0.00450. The molecule has 1 aromatic carbocycles. The highest BCUT2D eigenvalue weighted by atomic mass is 16.5. The summed E-state index contributed by atoms with van der Waals surface area (Å²) in [6, 6.07) is 15.6. The molecule has 1 N–H and O–H groups in total. The standard InChI is InChI=1S/C27H29N5O3/c1-34-26-7-6-23(15-24(26)29-17-20-4-2-9-28-16-20)27(33)31-12-13-35-19-21(18-31)14-22-5-3-11-32-25(22)8-10-30-32/h2-11,15-16,21,29H,12-14,17-19H2,1H3. The van der Waals surface area contributed by atoms with Crippen molar-refractivity contribution in [2.24, 2.45) is 5.92 Å². The van der Waals surface area contributed by atoms with Gasteiger partial charge in [-0.25, -0.2) is 4.52 Å². The number of carbonyl (C=O) groups is 1. The molecule has 4 heterocycles. The monoisotopic (exact) mass is 471 g/mol. The molecule has 1 amide bonds. The third-order valence-corrected chi connectivity index (χ3v) is 6.31. The number of amides is 1. The van der Waals surface area contributed by atoms with Crippen LogP contribution in [0.25, 0.3) is 5.52 Å². The number of methoxy groups -OCH3 is 1. The van der Waals surface area contributed by atoms with Crippen LogP contribution in [0.1, 0.15) is 21.5 Å². The van der Waals surface area contributed by atoms with Gasteiger partial charge in [0.25, 0.3) is 5.91 Å². The van der Waals surface area contributed by atoms with Crippen LogP contribution < -0.4 is 10.1 Å². The van der Waals surface area contributed by atoms with E-state index in [0.29, 0.717) is 44.2 Å². The van der Waals surface area contributed by atoms with Gasteiger partial charge in [-0.1, -0.05) is 12.1 Å². The summed E-state index contributed by atoms with van der Waals surface area (Å²) in [5.74, 6) is 0.885. The molecule has 180 valence electrons. The highest BCUT2D eigenvalue weighted by Gasteiger charge is 2.25. The second-order valence-corrected chi connectivity index (χ2v) is 8.72. The summed E-state index contributed by atoms with van der Waals surface area (Å²) < 4.78 is 13.3. The van der Waals surface area contributed by atoms with E-state index in [2.05, 4.69) is 21.5 Å². The van der Waals surface area contributed by atoms with E-state index in [0.717, 1.165) is 23.2 Å². The van der Waals surface area contributed by atoms with Crippen LogP contribution in [0.3, 0.4) is 0 Å². The van der Waals surface area contributed by atoms with Crippen LogP contribution in [0, 0.1) is 5.92 Å². The van der Waals surface area contributed by atoms with Crippen LogP contribution in [-0.2, 0) is 17.7 Å². The molecule has 1 saturated heterocycles. The lowest BCUT2D eigenvalue weighted by Gasteiger charge is -2.24. The number of hydrogen-bond acceptors (Lipinski definition) is 6. The summed E-state index contributed by atoms with van der Waals surface area (Å²) in [4.78, 5) is 19.6. The Balaban J connectivity index is 1.31. The van der Waals surface area contributed by atoms with Crippen LogP contribution in [0.2, 0.25) is 0 Å². The maximum Gasteiger partial charge on any atom is 0.254 e. The Morgan fingerprint density at radius 3 is 3.00 bits per heavy atom. The maximum atomic E-state index is 13.5. The molecule has 4 aromatic rings. The van der Waals surface area contributed by atoms with Crippen molar-refractivity contribution in [3.8, 4) is 5.75 Å². The first-order chi connectivity index (χ1) is 17.2. The van der Waals surface area contributed by atoms with Gasteiger partial charge in [-0.05, 0) is 53.9 Å². The highest BCUT2D eigenvalue weighted by molar-refractivity contribution is 5.95. The van der Waals surface area contributed by atoms with E-state index < -0.39 is 0 Å². The first-order valence-corrected chi connectivity index (χ1v) is 11.8. The first kappa shape index (κ1) is 22.9. The van der Waals surface area contributed by atoms with Crippen LogP contribution in [-0.4, -0.2) is 58.8 Å². The van der Waals surface area contributed by atoms with Gasteiger partial charge in [0.1, 0.15) is 5.75 Å². The number of nitrogens with zero attached hydrogens (tertiary/aromatic N) is 4. The molecule has 8 heteroatoms. The minimum atomic E-state index is -0.00450.